The van der Waals surface area contributed by atoms with Gasteiger partial charge in [-0.25, -0.2) is 0 Å². The fourth-order valence-corrected chi connectivity index (χ4v) is 2.50. The van der Waals surface area contributed by atoms with Gasteiger partial charge in [0.1, 0.15) is 0 Å². The monoisotopic (exact) mass is 228 g/mol. The molecule has 0 N–H and O–H groups in total. The Bertz CT molecular complexity index is 150. The van der Waals surface area contributed by atoms with Crippen molar-refractivity contribution in [3.8, 4) is 0 Å². The molecule has 0 aromatic carbocycles. The smallest absolute Gasteiger partial charge is 0.0544 e. The van der Waals surface area contributed by atoms with E-state index >= 15 is 0 Å². The van der Waals surface area contributed by atoms with Crippen LogP contribution >= 0.6 is 0 Å². The molecule has 0 saturated heterocycles. The highest BCUT2D eigenvalue weighted by Gasteiger charge is 2.32. The van der Waals surface area contributed by atoms with Gasteiger partial charge in [0.05, 0.1) is 13.2 Å². The number of hydrogen-bond acceptors (Lipinski definition) is 2. The Hall–Kier alpha value is -0.0800. The predicted molar refractivity (Wildman–Crippen MR) is 67.7 cm³/mol. The third-order valence-electron chi connectivity index (χ3n) is 3.43. The lowest BCUT2D eigenvalue weighted by Crippen LogP contribution is -2.35. The second kappa shape index (κ2) is 8.08. The summed E-state index contributed by atoms with van der Waals surface area (Å²) in [7, 11) is 0. The van der Waals surface area contributed by atoms with Crippen LogP contribution in [0, 0.1) is 5.41 Å². The Morgan fingerprint density at radius 3 is 1.75 bits per heavy atom. The van der Waals surface area contributed by atoms with Crippen LogP contribution in [0.5, 0.6) is 0 Å². The van der Waals surface area contributed by atoms with Crippen LogP contribution in [-0.4, -0.2) is 26.4 Å². The first-order chi connectivity index (χ1) is 7.83. The summed E-state index contributed by atoms with van der Waals surface area (Å²) in [4.78, 5) is 0. The molecular weight excluding hydrogens is 200 g/mol. The van der Waals surface area contributed by atoms with Gasteiger partial charge in [-0.2, -0.15) is 0 Å². The van der Waals surface area contributed by atoms with Crippen molar-refractivity contribution in [3.05, 3.63) is 0 Å². The van der Waals surface area contributed by atoms with Gasteiger partial charge in [0.15, 0.2) is 0 Å². The third-order valence-corrected chi connectivity index (χ3v) is 3.43. The zero-order valence-corrected chi connectivity index (χ0v) is 11.1. The van der Waals surface area contributed by atoms with E-state index in [0.29, 0.717) is 5.41 Å². The molecule has 1 fully saturated rings. The van der Waals surface area contributed by atoms with Crippen molar-refractivity contribution in [2.24, 2.45) is 5.41 Å². The van der Waals surface area contributed by atoms with Gasteiger partial charge in [-0.15, -0.1) is 0 Å². The summed E-state index contributed by atoms with van der Waals surface area (Å²) in [6.45, 7) is 7.95. The first-order valence-corrected chi connectivity index (χ1v) is 6.98. The molecule has 2 nitrogen and oxygen atoms in total. The van der Waals surface area contributed by atoms with Crippen LogP contribution in [0.2, 0.25) is 0 Å². The molecule has 16 heavy (non-hydrogen) atoms. The summed E-state index contributed by atoms with van der Waals surface area (Å²) in [5, 5.41) is 0. The average Bonchev–Trinajstić information content (AvgIpc) is 2.31. The molecule has 0 atom stereocenters. The van der Waals surface area contributed by atoms with E-state index < -0.39 is 0 Å². The van der Waals surface area contributed by atoms with Crippen molar-refractivity contribution in [2.45, 2.75) is 58.8 Å². The number of hydrogen-bond donors (Lipinski definition) is 0. The molecule has 2 heteroatoms. The molecule has 0 unspecified atom stereocenters. The normalized spacial score (nSPS) is 19.9. The summed E-state index contributed by atoms with van der Waals surface area (Å²) in [5.41, 5.74) is 0.336. The van der Waals surface area contributed by atoms with Crippen molar-refractivity contribution in [3.63, 3.8) is 0 Å². The van der Waals surface area contributed by atoms with E-state index in [9.17, 15) is 0 Å². The Balaban J connectivity index is 2.33. The molecule has 1 aliphatic carbocycles. The summed E-state index contributed by atoms with van der Waals surface area (Å²) < 4.78 is 11.6. The molecule has 1 rings (SSSR count). The minimum absolute atomic E-state index is 0.336. The fraction of sp³-hybridized carbons (Fsp3) is 1.00. The maximum atomic E-state index is 5.78. The summed E-state index contributed by atoms with van der Waals surface area (Å²) in [6, 6.07) is 0. The van der Waals surface area contributed by atoms with E-state index in [1.807, 2.05) is 0 Å². The van der Waals surface area contributed by atoms with Gasteiger partial charge >= 0.3 is 0 Å². The molecular formula is C14H28O2. The molecule has 0 heterocycles. The average molecular weight is 228 g/mol. The van der Waals surface area contributed by atoms with Crippen LogP contribution in [0.4, 0.5) is 0 Å². The van der Waals surface area contributed by atoms with E-state index in [1.165, 1.54) is 32.1 Å². The van der Waals surface area contributed by atoms with Crippen LogP contribution in [0.25, 0.3) is 0 Å². The predicted octanol–water partition coefficient (Wildman–Crippen LogP) is 3.79. The third kappa shape index (κ3) is 4.84. The van der Waals surface area contributed by atoms with E-state index in [2.05, 4.69) is 13.8 Å². The van der Waals surface area contributed by atoms with E-state index in [-0.39, 0.29) is 0 Å². The summed E-state index contributed by atoms with van der Waals surface area (Å²) in [5.74, 6) is 0. The fourth-order valence-electron chi connectivity index (χ4n) is 2.50. The molecule has 0 aromatic heterocycles. The number of ether oxygens (including phenoxy) is 2. The summed E-state index contributed by atoms with van der Waals surface area (Å²) in [6.07, 6.45) is 8.91. The molecule has 96 valence electrons. The Morgan fingerprint density at radius 2 is 1.31 bits per heavy atom. The van der Waals surface area contributed by atoms with Crippen LogP contribution in [0.1, 0.15) is 58.8 Å². The quantitative estimate of drug-likeness (QED) is 0.588. The van der Waals surface area contributed by atoms with Crippen molar-refractivity contribution < 1.29 is 9.47 Å². The van der Waals surface area contributed by atoms with Crippen LogP contribution < -0.4 is 0 Å². The molecule has 0 aromatic rings. The number of rotatable bonds is 8. The van der Waals surface area contributed by atoms with Crippen LogP contribution in [-0.2, 0) is 9.47 Å². The molecule has 0 radical (unpaired) electrons. The van der Waals surface area contributed by atoms with Gasteiger partial charge in [-0.05, 0) is 25.7 Å². The SMILES string of the molecule is CCCOCC1(COCCC)CCCCC1. The summed E-state index contributed by atoms with van der Waals surface area (Å²) >= 11 is 0. The first-order valence-electron chi connectivity index (χ1n) is 6.98. The van der Waals surface area contributed by atoms with Crippen molar-refractivity contribution >= 4 is 0 Å². The van der Waals surface area contributed by atoms with E-state index in [0.717, 1.165) is 39.3 Å². The lowest BCUT2D eigenvalue weighted by Gasteiger charge is -2.36. The molecule has 0 bridgehead atoms. The van der Waals surface area contributed by atoms with Gasteiger partial charge in [-0.3, -0.25) is 0 Å². The topological polar surface area (TPSA) is 18.5 Å². The Morgan fingerprint density at radius 1 is 0.812 bits per heavy atom. The molecule has 1 saturated carbocycles. The Labute approximate surface area is 101 Å². The van der Waals surface area contributed by atoms with Gasteiger partial charge in [0, 0.05) is 18.6 Å². The van der Waals surface area contributed by atoms with Crippen molar-refractivity contribution in [1.82, 2.24) is 0 Å². The van der Waals surface area contributed by atoms with Gasteiger partial charge in [0.25, 0.3) is 0 Å². The highest BCUT2D eigenvalue weighted by atomic mass is 16.5. The first kappa shape index (κ1) is 14.0. The standard InChI is InChI=1S/C14H28O2/c1-3-10-15-12-14(13-16-11-4-2)8-6-5-7-9-14/h3-13H2,1-2H3. The highest BCUT2D eigenvalue weighted by molar-refractivity contribution is 4.82. The van der Waals surface area contributed by atoms with Crippen molar-refractivity contribution in [1.29, 1.82) is 0 Å². The largest absolute Gasteiger partial charge is 0.381 e. The maximum Gasteiger partial charge on any atom is 0.0544 e. The molecule has 0 aliphatic heterocycles. The lowest BCUT2D eigenvalue weighted by atomic mass is 9.75. The highest BCUT2D eigenvalue weighted by Crippen LogP contribution is 2.36. The minimum Gasteiger partial charge on any atom is -0.381 e. The molecule has 0 amide bonds. The van der Waals surface area contributed by atoms with Crippen LogP contribution in [0.3, 0.4) is 0 Å². The van der Waals surface area contributed by atoms with Crippen LogP contribution in [0.15, 0.2) is 0 Å². The maximum absolute atomic E-state index is 5.78. The zero-order chi connectivity index (χ0) is 11.7. The zero-order valence-electron chi connectivity index (χ0n) is 11.1. The second-order valence-corrected chi connectivity index (χ2v) is 5.17. The second-order valence-electron chi connectivity index (χ2n) is 5.17. The molecule has 0 spiro atoms. The van der Waals surface area contributed by atoms with E-state index in [1.54, 1.807) is 0 Å². The Kier molecular flexibility index (Phi) is 7.06. The minimum atomic E-state index is 0.336. The van der Waals surface area contributed by atoms with Gasteiger partial charge in [-0.1, -0.05) is 33.1 Å². The van der Waals surface area contributed by atoms with Gasteiger partial charge in [0.2, 0.25) is 0 Å². The molecule has 1 aliphatic rings. The van der Waals surface area contributed by atoms with Gasteiger partial charge < -0.3 is 9.47 Å². The van der Waals surface area contributed by atoms with Crippen molar-refractivity contribution in [2.75, 3.05) is 26.4 Å². The van der Waals surface area contributed by atoms with E-state index in [4.69, 9.17) is 9.47 Å². The lowest BCUT2D eigenvalue weighted by molar-refractivity contribution is -0.0419.